The van der Waals surface area contributed by atoms with Crippen LogP contribution in [0.4, 0.5) is 0 Å². The summed E-state index contributed by atoms with van der Waals surface area (Å²) in [6, 6.07) is 0. The fourth-order valence-electron chi connectivity index (χ4n) is 1.30. The molecule has 0 aromatic heterocycles. The van der Waals surface area contributed by atoms with Gasteiger partial charge in [0, 0.05) is 17.8 Å². The second kappa shape index (κ2) is 4.43. The predicted octanol–water partition coefficient (Wildman–Crippen LogP) is 2.51. The van der Waals surface area contributed by atoms with Gasteiger partial charge >= 0.3 is 13.4 Å². The average molecular weight is 251 g/mol. The van der Waals surface area contributed by atoms with Crippen LogP contribution < -0.4 is 0 Å². The van der Waals surface area contributed by atoms with E-state index >= 15 is 0 Å². The fraction of sp³-hybridized carbons (Fsp3) is 1.00. The molecule has 1 atom stereocenters. The summed E-state index contributed by atoms with van der Waals surface area (Å²) in [6.07, 6.45) is 0. The molecular formula is C9H18NO5P. The molecule has 0 aromatic carbocycles. The molecule has 0 aromatic rings. The van der Waals surface area contributed by atoms with Crippen molar-refractivity contribution in [2.45, 2.75) is 33.5 Å². The molecule has 1 fully saturated rings. The normalized spacial score (nSPS) is 33.4. The predicted molar refractivity (Wildman–Crippen MR) is 58.9 cm³/mol. The number of hydrogen-bond acceptors (Lipinski definition) is 5. The van der Waals surface area contributed by atoms with Crippen LogP contribution in [0.25, 0.3) is 0 Å². The molecule has 1 heterocycles. The van der Waals surface area contributed by atoms with E-state index in [-0.39, 0.29) is 24.5 Å². The van der Waals surface area contributed by atoms with Gasteiger partial charge in [0.05, 0.1) is 13.2 Å². The van der Waals surface area contributed by atoms with Crippen molar-refractivity contribution in [3.05, 3.63) is 10.1 Å². The van der Waals surface area contributed by atoms with Gasteiger partial charge in [-0.3, -0.25) is 14.7 Å². The molecule has 1 saturated heterocycles. The summed E-state index contributed by atoms with van der Waals surface area (Å²) in [5.41, 5.74) is -0.0247. The van der Waals surface area contributed by atoms with Gasteiger partial charge in [0.25, 0.3) is 0 Å². The van der Waals surface area contributed by atoms with Gasteiger partial charge in [-0.1, -0.05) is 20.8 Å². The quantitative estimate of drug-likeness (QED) is 0.428. The first-order chi connectivity index (χ1) is 7.17. The van der Waals surface area contributed by atoms with Crippen molar-refractivity contribution in [3.8, 4) is 0 Å². The van der Waals surface area contributed by atoms with Crippen molar-refractivity contribution in [2.24, 2.45) is 11.3 Å². The summed E-state index contributed by atoms with van der Waals surface area (Å²) >= 11 is 0. The summed E-state index contributed by atoms with van der Waals surface area (Å²) in [5.74, 6) is -1.19. The zero-order chi connectivity index (χ0) is 12.6. The number of nitro groups is 1. The van der Waals surface area contributed by atoms with Crippen molar-refractivity contribution in [3.63, 3.8) is 0 Å². The highest BCUT2D eigenvalue weighted by Crippen LogP contribution is 2.57. The maximum absolute atomic E-state index is 12.0. The topological polar surface area (TPSA) is 78.7 Å². The van der Waals surface area contributed by atoms with Crippen LogP contribution in [0.2, 0.25) is 0 Å². The molecule has 1 rings (SSSR count). The molecule has 0 N–H and O–H groups in total. The Morgan fingerprint density at radius 2 is 1.81 bits per heavy atom. The first kappa shape index (κ1) is 13.6. The van der Waals surface area contributed by atoms with Gasteiger partial charge in [-0.2, -0.15) is 0 Å². The molecule has 0 amide bonds. The Labute approximate surface area is 95.0 Å². The van der Waals surface area contributed by atoms with Crippen LogP contribution in [0, 0.1) is 21.4 Å². The van der Waals surface area contributed by atoms with E-state index in [1.54, 1.807) is 0 Å². The third-order valence-electron chi connectivity index (χ3n) is 2.90. The van der Waals surface area contributed by atoms with Crippen molar-refractivity contribution < 1.29 is 18.5 Å². The van der Waals surface area contributed by atoms with Crippen molar-refractivity contribution in [2.75, 3.05) is 13.2 Å². The van der Waals surface area contributed by atoms with E-state index in [0.717, 1.165) is 0 Å². The minimum Gasteiger partial charge on any atom is -0.303 e. The van der Waals surface area contributed by atoms with E-state index in [1.807, 2.05) is 20.8 Å². The maximum atomic E-state index is 12.0. The van der Waals surface area contributed by atoms with Gasteiger partial charge in [-0.05, 0) is 5.41 Å². The number of nitrogens with zero attached hydrogens (tertiary/aromatic N) is 1. The maximum Gasteiger partial charge on any atom is 0.403 e. The van der Waals surface area contributed by atoms with E-state index in [0.29, 0.717) is 0 Å². The monoisotopic (exact) mass is 251 g/mol. The smallest absolute Gasteiger partial charge is 0.303 e. The van der Waals surface area contributed by atoms with E-state index in [1.165, 1.54) is 6.92 Å². The first-order valence-corrected chi connectivity index (χ1v) is 6.80. The van der Waals surface area contributed by atoms with Crippen LogP contribution in [-0.4, -0.2) is 23.9 Å². The van der Waals surface area contributed by atoms with Crippen LogP contribution in [-0.2, 0) is 13.6 Å². The summed E-state index contributed by atoms with van der Waals surface area (Å²) in [5, 5.41) is 10.6. The van der Waals surface area contributed by atoms with E-state index < -0.39 is 18.3 Å². The molecule has 1 unspecified atom stereocenters. The molecule has 16 heavy (non-hydrogen) atoms. The molecule has 0 radical (unpaired) electrons. The van der Waals surface area contributed by atoms with E-state index in [9.17, 15) is 14.7 Å². The molecule has 6 nitrogen and oxygen atoms in total. The summed E-state index contributed by atoms with van der Waals surface area (Å²) in [4.78, 5) is 9.93. The highest BCUT2D eigenvalue weighted by Gasteiger charge is 2.47. The Bertz CT molecular complexity index is 312. The van der Waals surface area contributed by atoms with Crippen LogP contribution in [0.1, 0.15) is 27.7 Å². The third kappa shape index (κ3) is 2.81. The van der Waals surface area contributed by atoms with Crippen molar-refractivity contribution in [1.82, 2.24) is 0 Å². The third-order valence-corrected chi connectivity index (χ3v) is 5.02. The van der Waals surface area contributed by atoms with Crippen LogP contribution >= 0.6 is 7.60 Å². The van der Waals surface area contributed by atoms with Gasteiger partial charge in [0.2, 0.25) is 0 Å². The Hall–Kier alpha value is -0.450. The highest BCUT2D eigenvalue weighted by molar-refractivity contribution is 7.54. The Morgan fingerprint density at radius 1 is 1.38 bits per heavy atom. The minimum atomic E-state index is -3.57. The fourth-order valence-corrected chi connectivity index (χ4v) is 2.82. The van der Waals surface area contributed by atoms with Gasteiger partial charge in [0.1, 0.15) is 0 Å². The lowest BCUT2D eigenvalue weighted by Crippen LogP contribution is -2.35. The van der Waals surface area contributed by atoms with E-state index in [4.69, 9.17) is 9.05 Å². The molecule has 7 heteroatoms. The Kier molecular flexibility index (Phi) is 3.77. The summed E-state index contributed by atoms with van der Waals surface area (Å²) in [7, 11) is -3.57. The Morgan fingerprint density at radius 3 is 2.12 bits per heavy atom. The van der Waals surface area contributed by atoms with Gasteiger partial charge in [0.15, 0.2) is 0 Å². The number of hydrogen-bond donors (Lipinski definition) is 0. The Balaban J connectivity index is 2.67. The highest BCUT2D eigenvalue weighted by atomic mass is 31.2. The van der Waals surface area contributed by atoms with Crippen molar-refractivity contribution in [1.29, 1.82) is 0 Å². The zero-order valence-corrected chi connectivity index (χ0v) is 10.9. The van der Waals surface area contributed by atoms with Gasteiger partial charge < -0.3 is 9.05 Å². The van der Waals surface area contributed by atoms with Gasteiger partial charge in [-0.15, -0.1) is 0 Å². The minimum absolute atomic E-state index is 0.0247. The standard InChI is InChI=1S/C9H18NO5P/c1-7(10(11)12)16(13)14-5-8(6-15-16)9(2,3)4/h7-8H,5-6H2,1-4H3. The molecule has 0 saturated carbocycles. The lowest BCUT2D eigenvalue weighted by atomic mass is 9.82. The molecule has 0 bridgehead atoms. The number of rotatable bonds is 2. The first-order valence-electron chi connectivity index (χ1n) is 5.19. The lowest BCUT2D eigenvalue weighted by Gasteiger charge is -2.36. The molecule has 0 spiro atoms. The zero-order valence-electron chi connectivity index (χ0n) is 10.0. The van der Waals surface area contributed by atoms with Crippen LogP contribution in [0.15, 0.2) is 0 Å². The summed E-state index contributed by atoms with van der Waals surface area (Å²) < 4.78 is 22.2. The second-order valence-corrected chi connectivity index (χ2v) is 7.45. The van der Waals surface area contributed by atoms with Gasteiger partial charge in [-0.25, -0.2) is 0 Å². The molecule has 0 aliphatic carbocycles. The molecule has 1 aliphatic heterocycles. The SMILES string of the molecule is CC([N+](=O)[O-])P1(=O)OCC(C(C)(C)C)CO1. The second-order valence-electron chi connectivity index (χ2n) is 5.11. The van der Waals surface area contributed by atoms with Crippen LogP contribution in [0.5, 0.6) is 0 Å². The average Bonchev–Trinajstić information content (AvgIpc) is 2.15. The molecular weight excluding hydrogens is 233 g/mol. The molecule has 1 aliphatic rings. The van der Waals surface area contributed by atoms with Crippen molar-refractivity contribution >= 4 is 7.60 Å². The molecule has 94 valence electrons. The van der Waals surface area contributed by atoms with Crippen LogP contribution in [0.3, 0.4) is 0 Å². The van der Waals surface area contributed by atoms with E-state index in [2.05, 4.69) is 0 Å². The summed E-state index contributed by atoms with van der Waals surface area (Å²) in [6.45, 7) is 7.82. The lowest BCUT2D eigenvalue weighted by molar-refractivity contribution is -0.497. The largest absolute Gasteiger partial charge is 0.403 e.